The Labute approximate surface area is 118 Å². The first-order chi connectivity index (χ1) is 9.45. The van der Waals surface area contributed by atoms with Crippen molar-refractivity contribution in [2.24, 2.45) is 0 Å². The number of aldehydes is 1. The predicted octanol–water partition coefficient (Wildman–Crippen LogP) is 2.76. The summed E-state index contributed by atoms with van der Waals surface area (Å²) in [6, 6.07) is 7.42. The summed E-state index contributed by atoms with van der Waals surface area (Å²) in [6.45, 7) is 6.31. The van der Waals surface area contributed by atoms with Crippen molar-refractivity contribution in [3.63, 3.8) is 0 Å². The van der Waals surface area contributed by atoms with Crippen LogP contribution in [0, 0.1) is 0 Å². The van der Waals surface area contributed by atoms with Crippen LogP contribution in [-0.4, -0.2) is 22.3 Å². The number of nitrogens with one attached hydrogen (secondary N) is 1. The van der Waals surface area contributed by atoms with E-state index in [2.05, 4.69) is 5.32 Å². The molecule has 4 nitrogen and oxygen atoms in total. The van der Waals surface area contributed by atoms with E-state index >= 15 is 0 Å². The van der Waals surface area contributed by atoms with E-state index in [9.17, 15) is 9.59 Å². The Bertz CT molecular complexity index is 641. The van der Waals surface area contributed by atoms with E-state index in [1.165, 1.54) is 0 Å². The Morgan fingerprint density at radius 3 is 2.75 bits per heavy atom. The normalized spacial score (nSPS) is 11.6. The zero-order valence-corrected chi connectivity index (χ0v) is 12.1. The van der Waals surface area contributed by atoms with Gasteiger partial charge in [0.25, 0.3) is 0 Å². The van der Waals surface area contributed by atoms with E-state index < -0.39 is 0 Å². The van der Waals surface area contributed by atoms with Crippen LogP contribution in [0.3, 0.4) is 0 Å². The minimum Gasteiger partial charge on any atom is -0.350 e. The van der Waals surface area contributed by atoms with E-state index in [-0.39, 0.29) is 18.0 Å². The van der Waals surface area contributed by atoms with E-state index in [0.29, 0.717) is 5.56 Å². The smallest absolute Gasteiger partial charge is 0.240 e. The molecule has 0 unspecified atom stereocenters. The minimum absolute atomic E-state index is 0.0224. The first-order valence-electron chi connectivity index (χ1n) is 6.80. The quantitative estimate of drug-likeness (QED) is 0.851. The van der Waals surface area contributed by atoms with Gasteiger partial charge in [-0.2, -0.15) is 0 Å². The molecule has 0 aliphatic heterocycles. The van der Waals surface area contributed by atoms with Crippen LogP contribution < -0.4 is 5.32 Å². The molecule has 0 aliphatic rings. The van der Waals surface area contributed by atoms with Gasteiger partial charge in [0.05, 0.1) is 0 Å². The molecule has 106 valence electrons. The maximum absolute atomic E-state index is 12.1. The number of rotatable bonds is 5. The molecule has 0 saturated carbocycles. The molecule has 4 heteroatoms. The predicted molar refractivity (Wildman–Crippen MR) is 79.8 cm³/mol. The van der Waals surface area contributed by atoms with Gasteiger partial charge in [0.2, 0.25) is 5.91 Å². The maximum atomic E-state index is 12.1. The summed E-state index contributed by atoms with van der Waals surface area (Å²) in [6.07, 6.45) is 3.56. The summed E-state index contributed by atoms with van der Waals surface area (Å²) in [4.78, 5) is 22.9. The molecular formula is C16H20N2O2. The number of carbonyl (C=O) groups is 2. The average molecular weight is 272 g/mol. The van der Waals surface area contributed by atoms with Crippen molar-refractivity contribution in [1.29, 1.82) is 0 Å². The van der Waals surface area contributed by atoms with Gasteiger partial charge in [0, 0.05) is 22.8 Å². The Hall–Kier alpha value is -2.10. The van der Waals surface area contributed by atoms with Gasteiger partial charge in [-0.3, -0.25) is 9.59 Å². The van der Waals surface area contributed by atoms with E-state index in [1.807, 2.05) is 43.7 Å². The highest BCUT2D eigenvalue weighted by molar-refractivity contribution is 5.88. The number of aromatic nitrogens is 1. The van der Waals surface area contributed by atoms with Gasteiger partial charge in [0.1, 0.15) is 12.8 Å². The Kier molecular flexibility index (Phi) is 3.93. The van der Waals surface area contributed by atoms with Crippen molar-refractivity contribution in [3.8, 4) is 0 Å². The monoisotopic (exact) mass is 272 g/mol. The summed E-state index contributed by atoms with van der Waals surface area (Å²) in [5, 5.41) is 4.03. The third-order valence-corrected chi connectivity index (χ3v) is 3.61. The fourth-order valence-electron chi connectivity index (χ4n) is 2.07. The maximum Gasteiger partial charge on any atom is 0.240 e. The highest BCUT2D eigenvalue weighted by atomic mass is 16.2. The van der Waals surface area contributed by atoms with Gasteiger partial charge in [-0.1, -0.05) is 19.1 Å². The highest BCUT2D eigenvalue weighted by Crippen LogP contribution is 2.17. The van der Waals surface area contributed by atoms with E-state index in [1.54, 1.807) is 12.1 Å². The summed E-state index contributed by atoms with van der Waals surface area (Å²) in [7, 11) is 0. The van der Waals surface area contributed by atoms with Crippen LogP contribution in [0.25, 0.3) is 10.9 Å². The van der Waals surface area contributed by atoms with Gasteiger partial charge in [-0.15, -0.1) is 0 Å². The molecule has 0 aliphatic carbocycles. The zero-order valence-electron chi connectivity index (χ0n) is 12.1. The van der Waals surface area contributed by atoms with Crippen molar-refractivity contribution in [2.75, 3.05) is 0 Å². The third-order valence-electron chi connectivity index (χ3n) is 3.61. The van der Waals surface area contributed by atoms with Crippen molar-refractivity contribution < 1.29 is 9.59 Å². The lowest BCUT2D eigenvalue weighted by molar-refractivity contribution is -0.123. The molecule has 0 atom stereocenters. The molecule has 1 aromatic carbocycles. The zero-order chi connectivity index (χ0) is 14.8. The molecule has 2 rings (SSSR count). The number of hydrogen-bond donors (Lipinski definition) is 1. The third kappa shape index (κ3) is 3.07. The molecule has 0 bridgehead atoms. The molecule has 1 amide bonds. The van der Waals surface area contributed by atoms with Crippen LogP contribution in [0.2, 0.25) is 0 Å². The first kappa shape index (κ1) is 14.3. The van der Waals surface area contributed by atoms with Gasteiger partial charge in [-0.25, -0.2) is 0 Å². The average Bonchev–Trinajstić information content (AvgIpc) is 2.80. The summed E-state index contributed by atoms with van der Waals surface area (Å²) in [5.74, 6) is -0.0224. The second-order valence-electron chi connectivity index (χ2n) is 5.67. The van der Waals surface area contributed by atoms with E-state index in [4.69, 9.17) is 0 Å². The number of nitrogens with zero attached hydrogens (tertiary/aromatic N) is 1. The van der Waals surface area contributed by atoms with Crippen molar-refractivity contribution in [3.05, 3.63) is 36.0 Å². The Morgan fingerprint density at radius 2 is 2.10 bits per heavy atom. The number of fused-ring (bicyclic) bond motifs is 1. The van der Waals surface area contributed by atoms with Crippen LogP contribution >= 0.6 is 0 Å². The topological polar surface area (TPSA) is 51.1 Å². The second-order valence-corrected chi connectivity index (χ2v) is 5.67. The van der Waals surface area contributed by atoms with Crippen LogP contribution in [0.15, 0.2) is 30.5 Å². The molecule has 1 heterocycles. The van der Waals surface area contributed by atoms with Gasteiger partial charge in [0.15, 0.2) is 0 Å². The lowest BCUT2D eigenvalue weighted by Crippen LogP contribution is -2.44. The SMILES string of the molecule is CCC(C)(C)NC(=O)Cn1ccc2ccc(C=O)cc21. The van der Waals surface area contributed by atoms with Gasteiger partial charge < -0.3 is 9.88 Å². The molecule has 0 radical (unpaired) electrons. The largest absolute Gasteiger partial charge is 0.350 e. The standard InChI is InChI=1S/C16H20N2O2/c1-4-16(2,3)17-15(20)10-18-8-7-13-6-5-12(11-19)9-14(13)18/h5-9,11H,4,10H2,1-3H3,(H,17,20). The highest BCUT2D eigenvalue weighted by Gasteiger charge is 2.18. The Morgan fingerprint density at radius 1 is 1.35 bits per heavy atom. The molecule has 1 N–H and O–H groups in total. The Balaban J connectivity index is 2.21. The summed E-state index contributed by atoms with van der Waals surface area (Å²) < 4.78 is 1.86. The second kappa shape index (κ2) is 5.49. The number of carbonyl (C=O) groups excluding carboxylic acids is 2. The summed E-state index contributed by atoms with van der Waals surface area (Å²) in [5.41, 5.74) is 1.32. The fraction of sp³-hybridized carbons (Fsp3) is 0.375. The molecule has 0 fully saturated rings. The van der Waals surface area contributed by atoms with Crippen molar-refractivity contribution in [2.45, 2.75) is 39.3 Å². The minimum atomic E-state index is -0.200. The molecule has 20 heavy (non-hydrogen) atoms. The van der Waals surface area contributed by atoms with Crippen LogP contribution in [0.5, 0.6) is 0 Å². The van der Waals surface area contributed by atoms with Crippen LogP contribution in [-0.2, 0) is 11.3 Å². The number of benzene rings is 1. The summed E-state index contributed by atoms with van der Waals surface area (Å²) >= 11 is 0. The van der Waals surface area contributed by atoms with Gasteiger partial charge >= 0.3 is 0 Å². The molecule has 0 spiro atoms. The number of amides is 1. The number of hydrogen-bond acceptors (Lipinski definition) is 2. The van der Waals surface area contributed by atoms with Crippen molar-refractivity contribution >= 4 is 23.1 Å². The van der Waals surface area contributed by atoms with Gasteiger partial charge in [-0.05, 0) is 37.8 Å². The first-order valence-corrected chi connectivity index (χ1v) is 6.80. The molecule has 1 aromatic heterocycles. The molecule has 2 aromatic rings. The molecule has 0 saturated heterocycles. The lowest BCUT2D eigenvalue weighted by Gasteiger charge is -2.24. The van der Waals surface area contributed by atoms with Crippen molar-refractivity contribution in [1.82, 2.24) is 9.88 Å². The van der Waals surface area contributed by atoms with E-state index in [0.717, 1.165) is 23.6 Å². The lowest BCUT2D eigenvalue weighted by atomic mass is 10.0. The molecular weight excluding hydrogens is 252 g/mol. The van der Waals surface area contributed by atoms with Crippen LogP contribution in [0.1, 0.15) is 37.6 Å². The fourth-order valence-corrected chi connectivity index (χ4v) is 2.07. The van der Waals surface area contributed by atoms with Crippen LogP contribution in [0.4, 0.5) is 0 Å².